The van der Waals surface area contributed by atoms with Gasteiger partial charge < -0.3 is 10.1 Å². The molecule has 0 fully saturated rings. The van der Waals surface area contributed by atoms with Crippen molar-refractivity contribution in [2.75, 3.05) is 12.4 Å². The van der Waals surface area contributed by atoms with Crippen LogP contribution in [0.15, 0.2) is 36.5 Å². The average Bonchev–Trinajstić information content (AvgIpc) is 3.08. The van der Waals surface area contributed by atoms with Crippen LogP contribution >= 0.6 is 0 Å². The number of benzene rings is 1. The van der Waals surface area contributed by atoms with E-state index in [1.807, 2.05) is 27.7 Å². The molecule has 2 heterocycles. The Morgan fingerprint density at radius 1 is 1.27 bits per heavy atom. The third-order valence-electron chi connectivity index (χ3n) is 4.52. The lowest BCUT2D eigenvalue weighted by molar-refractivity contribution is -0.384. The molecular weight excluding hydrogens is 384 g/mol. The van der Waals surface area contributed by atoms with Crippen LogP contribution in [0.1, 0.15) is 31.9 Å². The van der Waals surface area contributed by atoms with Crippen LogP contribution in [-0.2, 0) is 5.54 Å². The van der Waals surface area contributed by atoms with E-state index >= 15 is 0 Å². The van der Waals surface area contributed by atoms with Gasteiger partial charge in [0.25, 0.3) is 5.69 Å². The molecule has 2 aromatic heterocycles. The maximum Gasteiger partial charge on any atom is 0.269 e. The van der Waals surface area contributed by atoms with Crippen molar-refractivity contribution in [1.29, 1.82) is 5.26 Å². The number of nitro benzene ring substituents is 1. The van der Waals surface area contributed by atoms with Crippen LogP contribution in [0, 0.1) is 28.4 Å². The summed E-state index contributed by atoms with van der Waals surface area (Å²) < 4.78 is 6.96. The lowest BCUT2D eigenvalue weighted by Crippen LogP contribution is -2.24. The van der Waals surface area contributed by atoms with Gasteiger partial charge in [0.1, 0.15) is 23.1 Å². The van der Waals surface area contributed by atoms with Crippen molar-refractivity contribution >= 4 is 17.2 Å². The number of aromatic nitrogens is 3. The summed E-state index contributed by atoms with van der Waals surface area (Å²) >= 11 is 0. The molecule has 0 aliphatic heterocycles. The predicted molar refractivity (Wildman–Crippen MR) is 113 cm³/mol. The molecule has 9 heteroatoms. The lowest BCUT2D eigenvalue weighted by atomic mass is 10.1. The fraction of sp³-hybridized carbons (Fsp3) is 0.286. The maximum absolute atomic E-state index is 11.0. The normalized spacial score (nSPS) is 11.1. The van der Waals surface area contributed by atoms with Gasteiger partial charge in [0, 0.05) is 35.6 Å². The molecule has 0 radical (unpaired) electrons. The van der Waals surface area contributed by atoms with E-state index in [2.05, 4.69) is 21.5 Å². The van der Waals surface area contributed by atoms with Crippen molar-refractivity contribution in [2.24, 2.45) is 0 Å². The first-order valence-electron chi connectivity index (χ1n) is 9.21. The average molecular weight is 406 g/mol. The van der Waals surface area contributed by atoms with Crippen molar-refractivity contribution in [3.8, 4) is 23.2 Å². The topological polar surface area (TPSA) is 119 Å². The number of nitrogens with one attached hydrogen (secondary N) is 1. The van der Waals surface area contributed by atoms with Crippen LogP contribution < -0.4 is 10.1 Å². The molecule has 30 heavy (non-hydrogen) atoms. The summed E-state index contributed by atoms with van der Waals surface area (Å²) in [7, 11) is 1.54. The van der Waals surface area contributed by atoms with Gasteiger partial charge in [-0.05, 0) is 45.4 Å². The number of nitrogens with zero attached hydrogens (tertiary/aromatic N) is 5. The van der Waals surface area contributed by atoms with Gasteiger partial charge in [0.05, 0.1) is 17.6 Å². The minimum atomic E-state index is -0.463. The molecule has 0 amide bonds. The van der Waals surface area contributed by atoms with E-state index in [1.165, 1.54) is 19.2 Å². The number of anilines is 2. The zero-order valence-corrected chi connectivity index (χ0v) is 17.4. The van der Waals surface area contributed by atoms with Gasteiger partial charge in [-0.3, -0.25) is 10.1 Å². The molecule has 0 bridgehead atoms. The number of aryl methyl sites for hydroxylation is 1. The highest BCUT2D eigenvalue weighted by Gasteiger charge is 2.27. The minimum absolute atomic E-state index is 0.0228. The Bertz CT molecular complexity index is 1140. The largest absolute Gasteiger partial charge is 0.481 e. The highest BCUT2D eigenvalue weighted by molar-refractivity contribution is 5.77. The highest BCUT2D eigenvalue weighted by Crippen LogP contribution is 2.35. The second-order valence-electron chi connectivity index (χ2n) is 7.74. The van der Waals surface area contributed by atoms with Crippen LogP contribution in [0.2, 0.25) is 0 Å². The van der Waals surface area contributed by atoms with Crippen molar-refractivity contribution in [3.05, 3.63) is 57.8 Å². The van der Waals surface area contributed by atoms with Crippen LogP contribution in [-0.4, -0.2) is 26.8 Å². The predicted octanol–water partition coefficient (Wildman–Crippen LogP) is 4.54. The molecule has 3 rings (SSSR count). The Morgan fingerprint density at radius 3 is 2.47 bits per heavy atom. The first kappa shape index (κ1) is 20.8. The maximum atomic E-state index is 11.0. The van der Waals surface area contributed by atoms with Crippen LogP contribution in [0.5, 0.6) is 5.88 Å². The summed E-state index contributed by atoms with van der Waals surface area (Å²) in [5.74, 6) is 0.966. The van der Waals surface area contributed by atoms with E-state index in [0.717, 1.165) is 11.3 Å². The van der Waals surface area contributed by atoms with Gasteiger partial charge in [0.2, 0.25) is 5.88 Å². The Morgan fingerprint density at radius 2 is 1.93 bits per heavy atom. The van der Waals surface area contributed by atoms with Crippen molar-refractivity contribution in [3.63, 3.8) is 0 Å². The van der Waals surface area contributed by atoms with Gasteiger partial charge in [-0.15, -0.1) is 0 Å². The fourth-order valence-electron chi connectivity index (χ4n) is 2.95. The first-order chi connectivity index (χ1) is 14.2. The standard InChI is InChI=1S/C21H22N6O3/c1-13-12-23-18(30-5)10-17(13)24-20-16(11-22)19(25-26(20)21(2,3)4)14-6-8-15(9-7-14)27(28)29/h6-10,12H,1-5H3,(H,23,24). The van der Waals surface area contributed by atoms with Crippen LogP contribution in [0.4, 0.5) is 17.2 Å². The number of rotatable bonds is 5. The summed E-state index contributed by atoms with van der Waals surface area (Å²) in [6.45, 7) is 7.83. The minimum Gasteiger partial charge on any atom is -0.481 e. The summed E-state index contributed by atoms with van der Waals surface area (Å²) in [6, 6.07) is 9.98. The number of non-ortho nitro benzene ring substituents is 1. The summed E-state index contributed by atoms with van der Waals surface area (Å²) in [4.78, 5) is 14.7. The lowest BCUT2D eigenvalue weighted by Gasteiger charge is -2.23. The summed E-state index contributed by atoms with van der Waals surface area (Å²) in [5.41, 5.74) is 2.56. The molecule has 3 aromatic rings. The number of nitro groups is 1. The number of hydrogen-bond donors (Lipinski definition) is 1. The number of pyridine rings is 1. The third kappa shape index (κ3) is 3.93. The second kappa shape index (κ2) is 7.83. The molecule has 0 atom stereocenters. The second-order valence-corrected chi connectivity index (χ2v) is 7.74. The number of hydrogen-bond acceptors (Lipinski definition) is 7. The summed E-state index contributed by atoms with van der Waals surface area (Å²) in [5, 5.41) is 28.9. The fourth-order valence-corrected chi connectivity index (χ4v) is 2.95. The van der Waals surface area contributed by atoms with Crippen molar-refractivity contribution < 1.29 is 9.66 Å². The van der Waals surface area contributed by atoms with Gasteiger partial charge in [-0.25, -0.2) is 9.67 Å². The van der Waals surface area contributed by atoms with E-state index in [-0.39, 0.29) is 5.69 Å². The summed E-state index contributed by atoms with van der Waals surface area (Å²) in [6.07, 6.45) is 1.68. The Kier molecular flexibility index (Phi) is 5.43. The Hall–Kier alpha value is -3.93. The zero-order chi connectivity index (χ0) is 22.1. The molecule has 0 aliphatic rings. The number of methoxy groups -OCH3 is 1. The molecule has 1 aromatic carbocycles. The SMILES string of the molecule is COc1cc(Nc2c(C#N)c(-c3ccc([N+](=O)[O-])cc3)nn2C(C)(C)C)c(C)cn1. The van der Waals surface area contributed by atoms with E-state index < -0.39 is 10.5 Å². The van der Waals surface area contributed by atoms with Crippen LogP contribution in [0.3, 0.4) is 0 Å². The van der Waals surface area contributed by atoms with E-state index in [4.69, 9.17) is 4.74 Å². The third-order valence-corrected chi connectivity index (χ3v) is 4.52. The molecule has 0 saturated carbocycles. The van der Waals surface area contributed by atoms with Gasteiger partial charge in [0.15, 0.2) is 0 Å². The first-order valence-corrected chi connectivity index (χ1v) is 9.21. The number of nitriles is 1. The zero-order valence-electron chi connectivity index (χ0n) is 17.4. The van der Waals surface area contributed by atoms with E-state index in [9.17, 15) is 15.4 Å². The quantitative estimate of drug-likeness (QED) is 0.488. The van der Waals surface area contributed by atoms with Gasteiger partial charge >= 0.3 is 0 Å². The molecule has 1 N–H and O–H groups in total. The van der Waals surface area contributed by atoms with Crippen molar-refractivity contribution in [2.45, 2.75) is 33.2 Å². The molecule has 9 nitrogen and oxygen atoms in total. The molecular formula is C21H22N6O3. The van der Waals surface area contributed by atoms with Crippen LogP contribution in [0.25, 0.3) is 11.3 Å². The van der Waals surface area contributed by atoms with E-state index in [0.29, 0.717) is 28.5 Å². The van der Waals surface area contributed by atoms with Gasteiger partial charge in [-0.2, -0.15) is 10.4 Å². The molecule has 0 unspecified atom stereocenters. The number of ether oxygens (including phenoxy) is 1. The molecule has 154 valence electrons. The molecule has 0 aliphatic carbocycles. The monoisotopic (exact) mass is 406 g/mol. The smallest absolute Gasteiger partial charge is 0.269 e. The van der Waals surface area contributed by atoms with Gasteiger partial charge in [-0.1, -0.05) is 0 Å². The molecule has 0 saturated heterocycles. The Labute approximate surface area is 174 Å². The molecule has 0 spiro atoms. The van der Waals surface area contributed by atoms with E-state index in [1.54, 1.807) is 29.1 Å². The van der Waals surface area contributed by atoms with Crippen molar-refractivity contribution in [1.82, 2.24) is 14.8 Å². The Balaban J connectivity index is 2.17. The highest BCUT2D eigenvalue weighted by atomic mass is 16.6.